The van der Waals surface area contributed by atoms with E-state index < -0.39 is 0 Å². The first-order chi connectivity index (χ1) is 7.56. The Bertz CT molecular complexity index is 228. The summed E-state index contributed by atoms with van der Waals surface area (Å²) in [6, 6.07) is 1.54. The van der Waals surface area contributed by atoms with Gasteiger partial charge in [-0.05, 0) is 39.2 Å². The van der Waals surface area contributed by atoms with Gasteiger partial charge >= 0.3 is 0 Å². The molecule has 0 radical (unpaired) electrons. The normalized spacial score (nSPS) is 25.1. The van der Waals surface area contributed by atoms with Gasteiger partial charge in [0.2, 0.25) is 0 Å². The fourth-order valence-corrected chi connectivity index (χ4v) is 3.11. The largest absolute Gasteiger partial charge is 0.383 e. The molecular weight excluding hydrogens is 200 g/mol. The van der Waals surface area contributed by atoms with Crippen LogP contribution in [0.1, 0.15) is 26.7 Å². The predicted octanol–water partition coefficient (Wildman–Crippen LogP) is 1.44. The lowest BCUT2D eigenvalue weighted by Gasteiger charge is -2.62. The van der Waals surface area contributed by atoms with Gasteiger partial charge in [-0.3, -0.25) is 4.90 Å². The van der Waals surface area contributed by atoms with Gasteiger partial charge in [-0.2, -0.15) is 0 Å². The van der Waals surface area contributed by atoms with Crippen LogP contribution in [-0.4, -0.2) is 62.3 Å². The average molecular weight is 226 g/mol. The van der Waals surface area contributed by atoms with Gasteiger partial charge < -0.3 is 9.64 Å². The summed E-state index contributed by atoms with van der Waals surface area (Å²) in [7, 11) is 4.01. The Labute approximate surface area is 99.7 Å². The fraction of sp³-hybridized carbons (Fsp3) is 1.00. The molecule has 1 heterocycles. The molecule has 0 aromatic carbocycles. The maximum Gasteiger partial charge on any atom is 0.0589 e. The molecule has 0 unspecified atom stereocenters. The third-order valence-corrected chi connectivity index (χ3v) is 4.42. The molecule has 2 rings (SSSR count). The molecule has 16 heavy (non-hydrogen) atoms. The van der Waals surface area contributed by atoms with Crippen LogP contribution in [0.25, 0.3) is 0 Å². The van der Waals surface area contributed by atoms with Crippen molar-refractivity contribution < 1.29 is 4.74 Å². The number of nitrogens with zero attached hydrogens (tertiary/aromatic N) is 2. The van der Waals surface area contributed by atoms with E-state index in [0.717, 1.165) is 25.2 Å². The van der Waals surface area contributed by atoms with Crippen molar-refractivity contribution in [3.8, 4) is 0 Å². The standard InChI is InChI=1S/C13H26N2O/c1-11(2)15-9-13(10-15)7-12(8-13)14(3)5-6-16-4/h11-12H,5-10H2,1-4H3. The van der Waals surface area contributed by atoms with E-state index >= 15 is 0 Å². The summed E-state index contributed by atoms with van der Waals surface area (Å²) in [5, 5.41) is 0. The van der Waals surface area contributed by atoms with Crippen LogP contribution in [0.5, 0.6) is 0 Å². The van der Waals surface area contributed by atoms with Crippen molar-refractivity contribution in [1.82, 2.24) is 9.80 Å². The third-order valence-electron chi connectivity index (χ3n) is 4.42. The molecule has 1 saturated heterocycles. The zero-order chi connectivity index (χ0) is 11.8. The second-order valence-electron chi connectivity index (χ2n) is 6.03. The molecule has 0 atom stereocenters. The van der Waals surface area contributed by atoms with E-state index in [2.05, 4.69) is 30.7 Å². The Morgan fingerprint density at radius 3 is 2.50 bits per heavy atom. The lowest BCUT2D eigenvalue weighted by molar-refractivity contribution is -0.117. The van der Waals surface area contributed by atoms with Gasteiger partial charge in [0.1, 0.15) is 0 Å². The minimum atomic E-state index is 0.691. The molecule has 0 bridgehead atoms. The Kier molecular flexibility index (Phi) is 3.57. The first-order valence-electron chi connectivity index (χ1n) is 6.49. The smallest absolute Gasteiger partial charge is 0.0589 e. The molecule has 0 aromatic rings. The fourth-order valence-electron chi connectivity index (χ4n) is 3.11. The molecule has 1 spiro atoms. The van der Waals surface area contributed by atoms with Gasteiger partial charge in [0.05, 0.1) is 6.61 Å². The van der Waals surface area contributed by atoms with Crippen molar-refractivity contribution in [2.75, 3.05) is 40.4 Å². The quantitative estimate of drug-likeness (QED) is 0.705. The van der Waals surface area contributed by atoms with E-state index in [1.807, 2.05) is 0 Å². The number of ether oxygens (including phenoxy) is 1. The highest BCUT2D eigenvalue weighted by atomic mass is 16.5. The first-order valence-corrected chi connectivity index (χ1v) is 6.49. The molecule has 1 aliphatic heterocycles. The highest BCUT2D eigenvalue weighted by Crippen LogP contribution is 2.50. The van der Waals surface area contributed by atoms with E-state index in [1.54, 1.807) is 7.11 Å². The van der Waals surface area contributed by atoms with Gasteiger partial charge in [-0.15, -0.1) is 0 Å². The lowest BCUT2D eigenvalue weighted by atomic mass is 9.60. The van der Waals surface area contributed by atoms with Crippen molar-refractivity contribution in [2.45, 2.75) is 38.8 Å². The SMILES string of the molecule is COCCN(C)C1CC2(C1)CN(C(C)C)C2. The molecule has 1 saturated carbocycles. The summed E-state index contributed by atoms with van der Waals surface area (Å²) >= 11 is 0. The molecule has 2 fully saturated rings. The number of hydrogen-bond donors (Lipinski definition) is 0. The molecule has 0 amide bonds. The van der Waals surface area contributed by atoms with Crippen LogP contribution in [0.4, 0.5) is 0 Å². The minimum Gasteiger partial charge on any atom is -0.383 e. The molecular formula is C13H26N2O. The second kappa shape index (κ2) is 4.63. The minimum absolute atomic E-state index is 0.691. The van der Waals surface area contributed by atoms with Crippen molar-refractivity contribution in [3.05, 3.63) is 0 Å². The van der Waals surface area contributed by atoms with E-state index in [0.29, 0.717) is 5.41 Å². The molecule has 94 valence electrons. The van der Waals surface area contributed by atoms with Gasteiger partial charge in [-0.1, -0.05) is 0 Å². The van der Waals surface area contributed by atoms with Crippen molar-refractivity contribution >= 4 is 0 Å². The number of methoxy groups -OCH3 is 1. The Morgan fingerprint density at radius 1 is 1.38 bits per heavy atom. The number of likely N-dealkylation sites (N-methyl/N-ethyl adjacent to an activating group) is 1. The van der Waals surface area contributed by atoms with Gasteiger partial charge in [0.15, 0.2) is 0 Å². The summed E-state index contributed by atoms with van der Waals surface area (Å²) < 4.78 is 5.12. The molecule has 0 aromatic heterocycles. The van der Waals surface area contributed by atoms with Gasteiger partial charge in [0, 0.05) is 38.8 Å². The summed E-state index contributed by atoms with van der Waals surface area (Å²) in [6.07, 6.45) is 2.80. The van der Waals surface area contributed by atoms with Crippen LogP contribution in [-0.2, 0) is 4.74 Å². The van der Waals surface area contributed by atoms with Gasteiger partial charge in [0.25, 0.3) is 0 Å². The summed E-state index contributed by atoms with van der Waals surface area (Å²) in [4.78, 5) is 5.05. The lowest BCUT2D eigenvalue weighted by Crippen LogP contribution is -2.67. The highest BCUT2D eigenvalue weighted by molar-refractivity contribution is 5.07. The van der Waals surface area contributed by atoms with Crippen LogP contribution in [0, 0.1) is 5.41 Å². The number of likely N-dealkylation sites (tertiary alicyclic amines) is 1. The Balaban J connectivity index is 1.67. The maximum absolute atomic E-state index is 5.12. The van der Waals surface area contributed by atoms with Crippen LogP contribution < -0.4 is 0 Å². The topological polar surface area (TPSA) is 15.7 Å². The molecule has 1 aliphatic carbocycles. The predicted molar refractivity (Wildman–Crippen MR) is 66.7 cm³/mol. The molecule has 3 nitrogen and oxygen atoms in total. The van der Waals surface area contributed by atoms with E-state index in [1.165, 1.54) is 25.9 Å². The monoisotopic (exact) mass is 226 g/mol. The Hall–Kier alpha value is -0.120. The zero-order valence-corrected chi connectivity index (χ0v) is 11.2. The summed E-state index contributed by atoms with van der Waals surface area (Å²) in [5.41, 5.74) is 0.691. The second-order valence-corrected chi connectivity index (χ2v) is 6.03. The third kappa shape index (κ3) is 2.27. The van der Waals surface area contributed by atoms with Crippen LogP contribution in [0.2, 0.25) is 0 Å². The van der Waals surface area contributed by atoms with Crippen molar-refractivity contribution in [1.29, 1.82) is 0 Å². The molecule has 0 N–H and O–H groups in total. The molecule has 2 aliphatic rings. The summed E-state index contributed by atoms with van der Waals surface area (Å²) in [5.74, 6) is 0. The average Bonchev–Trinajstić information content (AvgIpc) is 2.09. The van der Waals surface area contributed by atoms with E-state index in [-0.39, 0.29) is 0 Å². The molecule has 3 heteroatoms. The van der Waals surface area contributed by atoms with Crippen molar-refractivity contribution in [2.24, 2.45) is 5.41 Å². The maximum atomic E-state index is 5.12. The number of rotatable bonds is 5. The van der Waals surface area contributed by atoms with Crippen LogP contribution in [0.3, 0.4) is 0 Å². The highest BCUT2D eigenvalue weighted by Gasteiger charge is 2.53. The van der Waals surface area contributed by atoms with Gasteiger partial charge in [-0.25, -0.2) is 0 Å². The van der Waals surface area contributed by atoms with E-state index in [4.69, 9.17) is 4.74 Å². The zero-order valence-electron chi connectivity index (χ0n) is 11.2. The number of hydrogen-bond acceptors (Lipinski definition) is 3. The van der Waals surface area contributed by atoms with Crippen molar-refractivity contribution in [3.63, 3.8) is 0 Å². The Morgan fingerprint density at radius 2 is 2.00 bits per heavy atom. The van der Waals surface area contributed by atoms with Crippen LogP contribution >= 0.6 is 0 Å². The first kappa shape index (κ1) is 12.3. The summed E-state index contributed by atoms with van der Waals surface area (Å²) in [6.45, 7) is 9.20. The van der Waals surface area contributed by atoms with Crippen LogP contribution in [0.15, 0.2) is 0 Å². The van der Waals surface area contributed by atoms with E-state index in [9.17, 15) is 0 Å².